The van der Waals surface area contributed by atoms with E-state index in [9.17, 15) is 4.79 Å². The first-order valence-electron chi connectivity index (χ1n) is 5.87. The van der Waals surface area contributed by atoms with Crippen molar-refractivity contribution < 1.29 is 9.90 Å². The van der Waals surface area contributed by atoms with Gasteiger partial charge in [-0.3, -0.25) is 4.79 Å². The SMILES string of the molecule is CC1(NC(=O)Cc2ccc(O)cc2)CCNC1. The van der Waals surface area contributed by atoms with Crippen molar-refractivity contribution in [1.29, 1.82) is 0 Å². The Morgan fingerprint density at radius 1 is 1.47 bits per heavy atom. The molecule has 2 rings (SSSR count). The lowest BCUT2D eigenvalue weighted by molar-refractivity contribution is -0.122. The van der Waals surface area contributed by atoms with Gasteiger partial charge in [0.05, 0.1) is 12.0 Å². The summed E-state index contributed by atoms with van der Waals surface area (Å²) >= 11 is 0. The molecule has 4 nitrogen and oxygen atoms in total. The minimum absolute atomic E-state index is 0.0295. The molecular weight excluding hydrogens is 216 g/mol. The average molecular weight is 234 g/mol. The molecule has 1 fully saturated rings. The van der Waals surface area contributed by atoms with E-state index in [2.05, 4.69) is 17.6 Å². The minimum atomic E-state index is -0.117. The number of aromatic hydroxyl groups is 1. The maximum Gasteiger partial charge on any atom is 0.224 e. The zero-order chi connectivity index (χ0) is 12.3. The molecule has 0 saturated carbocycles. The summed E-state index contributed by atoms with van der Waals surface area (Å²) in [5.41, 5.74) is 0.795. The Labute approximate surface area is 101 Å². The topological polar surface area (TPSA) is 61.4 Å². The van der Waals surface area contributed by atoms with Crippen LogP contribution in [0.25, 0.3) is 0 Å². The van der Waals surface area contributed by atoms with Crippen LogP contribution in [-0.4, -0.2) is 29.6 Å². The fourth-order valence-corrected chi connectivity index (χ4v) is 2.10. The molecular formula is C13H18N2O2. The maximum absolute atomic E-state index is 11.9. The van der Waals surface area contributed by atoms with Gasteiger partial charge < -0.3 is 15.7 Å². The van der Waals surface area contributed by atoms with Gasteiger partial charge in [0, 0.05) is 6.54 Å². The van der Waals surface area contributed by atoms with Crippen molar-refractivity contribution in [3.8, 4) is 5.75 Å². The second-order valence-electron chi connectivity index (χ2n) is 4.88. The highest BCUT2D eigenvalue weighted by atomic mass is 16.3. The van der Waals surface area contributed by atoms with Crippen LogP contribution in [0.2, 0.25) is 0 Å². The summed E-state index contributed by atoms with van der Waals surface area (Å²) in [6.45, 7) is 3.84. The van der Waals surface area contributed by atoms with Gasteiger partial charge in [0.2, 0.25) is 5.91 Å². The number of rotatable bonds is 3. The van der Waals surface area contributed by atoms with Crippen LogP contribution in [0, 0.1) is 0 Å². The van der Waals surface area contributed by atoms with Crippen LogP contribution in [0.1, 0.15) is 18.9 Å². The highest BCUT2D eigenvalue weighted by Gasteiger charge is 2.29. The molecule has 3 N–H and O–H groups in total. The van der Waals surface area contributed by atoms with Gasteiger partial charge >= 0.3 is 0 Å². The molecule has 0 bridgehead atoms. The molecule has 17 heavy (non-hydrogen) atoms. The normalized spacial score (nSPS) is 23.6. The molecule has 0 aromatic heterocycles. The maximum atomic E-state index is 11.9. The second kappa shape index (κ2) is 4.75. The van der Waals surface area contributed by atoms with E-state index in [4.69, 9.17) is 5.11 Å². The molecule has 1 amide bonds. The Kier molecular flexibility index (Phi) is 3.33. The van der Waals surface area contributed by atoms with Crippen molar-refractivity contribution in [2.24, 2.45) is 0 Å². The minimum Gasteiger partial charge on any atom is -0.508 e. The number of hydrogen-bond acceptors (Lipinski definition) is 3. The summed E-state index contributed by atoms with van der Waals surface area (Å²) in [7, 11) is 0. The van der Waals surface area contributed by atoms with Crippen molar-refractivity contribution in [2.75, 3.05) is 13.1 Å². The lowest BCUT2D eigenvalue weighted by Crippen LogP contribution is -2.48. The lowest BCUT2D eigenvalue weighted by atomic mass is 10.0. The van der Waals surface area contributed by atoms with Crippen LogP contribution in [0.4, 0.5) is 0 Å². The Bertz CT molecular complexity index is 394. The lowest BCUT2D eigenvalue weighted by Gasteiger charge is -2.24. The van der Waals surface area contributed by atoms with Gasteiger partial charge in [-0.05, 0) is 37.6 Å². The molecule has 1 saturated heterocycles. The van der Waals surface area contributed by atoms with Gasteiger partial charge in [-0.15, -0.1) is 0 Å². The van der Waals surface area contributed by atoms with Crippen LogP contribution in [0.3, 0.4) is 0 Å². The van der Waals surface area contributed by atoms with E-state index in [0.717, 1.165) is 25.1 Å². The fourth-order valence-electron chi connectivity index (χ4n) is 2.10. The molecule has 4 heteroatoms. The highest BCUT2D eigenvalue weighted by molar-refractivity contribution is 5.79. The number of phenolic OH excluding ortho intramolecular Hbond substituents is 1. The molecule has 0 spiro atoms. The Morgan fingerprint density at radius 3 is 2.76 bits per heavy atom. The van der Waals surface area contributed by atoms with Crippen molar-refractivity contribution in [1.82, 2.24) is 10.6 Å². The van der Waals surface area contributed by atoms with Crippen LogP contribution in [-0.2, 0) is 11.2 Å². The van der Waals surface area contributed by atoms with E-state index < -0.39 is 0 Å². The van der Waals surface area contributed by atoms with Gasteiger partial charge in [0.15, 0.2) is 0 Å². The standard InChI is InChI=1S/C13H18N2O2/c1-13(6-7-14-9-13)15-12(17)8-10-2-4-11(16)5-3-10/h2-5,14,16H,6-9H2,1H3,(H,15,17). The van der Waals surface area contributed by atoms with Crippen molar-refractivity contribution in [3.05, 3.63) is 29.8 Å². The fraction of sp³-hybridized carbons (Fsp3) is 0.462. The van der Waals surface area contributed by atoms with Crippen LogP contribution >= 0.6 is 0 Å². The molecule has 0 aliphatic carbocycles. The zero-order valence-electron chi connectivity index (χ0n) is 9.99. The van der Waals surface area contributed by atoms with Gasteiger partial charge in [-0.25, -0.2) is 0 Å². The molecule has 1 atom stereocenters. The van der Waals surface area contributed by atoms with E-state index in [0.29, 0.717) is 6.42 Å². The summed E-state index contributed by atoms with van der Waals surface area (Å²) in [5, 5.41) is 15.4. The van der Waals surface area contributed by atoms with Gasteiger partial charge in [0.1, 0.15) is 5.75 Å². The van der Waals surface area contributed by atoms with Gasteiger partial charge in [-0.2, -0.15) is 0 Å². The van der Waals surface area contributed by atoms with Crippen LogP contribution in [0.5, 0.6) is 5.75 Å². The van der Waals surface area contributed by atoms with Crippen molar-refractivity contribution in [3.63, 3.8) is 0 Å². The Morgan fingerprint density at radius 2 is 2.18 bits per heavy atom. The summed E-state index contributed by atoms with van der Waals surface area (Å²) in [4.78, 5) is 11.9. The van der Waals surface area contributed by atoms with Crippen LogP contribution in [0.15, 0.2) is 24.3 Å². The predicted molar refractivity (Wildman–Crippen MR) is 65.8 cm³/mol. The first-order valence-corrected chi connectivity index (χ1v) is 5.87. The Balaban J connectivity index is 1.91. The third kappa shape index (κ3) is 3.20. The summed E-state index contributed by atoms with van der Waals surface area (Å²) in [6.07, 6.45) is 1.32. The van der Waals surface area contributed by atoms with Crippen molar-refractivity contribution in [2.45, 2.75) is 25.3 Å². The Hall–Kier alpha value is -1.55. The third-order valence-electron chi connectivity index (χ3n) is 3.11. The summed E-state index contributed by atoms with van der Waals surface area (Å²) in [6, 6.07) is 6.73. The molecule has 1 aromatic carbocycles. The smallest absolute Gasteiger partial charge is 0.224 e. The first-order chi connectivity index (χ1) is 8.07. The summed E-state index contributed by atoms with van der Waals surface area (Å²) < 4.78 is 0. The number of amides is 1. The molecule has 1 aromatic rings. The first kappa shape index (κ1) is 11.9. The molecule has 1 aliphatic heterocycles. The number of nitrogens with one attached hydrogen (secondary N) is 2. The summed E-state index contributed by atoms with van der Waals surface area (Å²) in [5.74, 6) is 0.253. The quantitative estimate of drug-likeness (QED) is 0.725. The highest BCUT2D eigenvalue weighted by Crippen LogP contribution is 2.14. The van der Waals surface area contributed by atoms with E-state index in [1.165, 1.54) is 0 Å². The van der Waals surface area contributed by atoms with E-state index in [-0.39, 0.29) is 17.2 Å². The number of carbonyl (C=O) groups excluding carboxylic acids is 1. The number of phenols is 1. The predicted octanol–water partition coefficient (Wildman–Crippen LogP) is 0.803. The number of hydrogen-bond donors (Lipinski definition) is 3. The zero-order valence-corrected chi connectivity index (χ0v) is 9.99. The van der Waals surface area contributed by atoms with Crippen LogP contribution < -0.4 is 10.6 Å². The largest absolute Gasteiger partial charge is 0.508 e. The molecule has 1 unspecified atom stereocenters. The number of benzene rings is 1. The molecule has 1 aliphatic rings. The average Bonchev–Trinajstić information content (AvgIpc) is 2.68. The van der Waals surface area contributed by atoms with Gasteiger partial charge in [-0.1, -0.05) is 12.1 Å². The molecule has 92 valence electrons. The number of carbonyl (C=O) groups is 1. The molecule has 1 heterocycles. The van der Waals surface area contributed by atoms with E-state index in [1.54, 1.807) is 24.3 Å². The van der Waals surface area contributed by atoms with Gasteiger partial charge in [0.25, 0.3) is 0 Å². The third-order valence-corrected chi connectivity index (χ3v) is 3.11. The van der Waals surface area contributed by atoms with E-state index >= 15 is 0 Å². The second-order valence-corrected chi connectivity index (χ2v) is 4.88. The monoisotopic (exact) mass is 234 g/mol. The molecule has 0 radical (unpaired) electrons. The van der Waals surface area contributed by atoms with E-state index in [1.807, 2.05) is 0 Å². The van der Waals surface area contributed by atoms with Crippen molar-refractivity contribution >= 4 is 5.91 Å².